The fourth-order valence-electron chi connectivity index (χ4n) is 9.63. The number of ether oxygens (including phenoxy) is 2. The Morgan fingerprint density at radius 3 is 2.38 bits per heavy atom. The van der Waals surface area contributed by atoms with Crippen LogP contribution in [0.25, 0.3) is 16.7 Å². The second-order valence-corrected chi connectivity index (χ2v) is 14.5. The number of para-hydroxylation sites is 3. The molecule has 0 saturated heterocycles. The average Bonchev–Trinajstić information content (AvgIpc) is 3.55. The molecule has 0 saturated carbocycles. The maximum absolute atomic E-state index is 7.09. The Morgan fingerprint density at radius 2 is 1.46 bits per heavy atom. The van der Waals surface area contributed by atoms with E-state index in [1.807, 2.05) is 0 Å². The molecule has 3 aliphatic heterocycles. The van der Waals surface area contributed by atoms with Crippen LogP contribution in [0.1, 0.15) is 59.4 Å². The lowest BCUT2D eigenvalue weighted by molar-refractivity contribution is 0.367. The molecule has 3 aliphatic carbocycles. The van der Waals surface area contributed by atoms with Crippen molar-refractivity contribution in [1.29, 1.82) is 0 Å². The van der Waals surface area contributed by atoms with Gasteiger partial charge in [-0.1, -0.05) is 127 Å². The standard InChI is InChI=1S/C49H37NO2/c1-3-14-32(15-4-1)36-19-13-22-41-48(36)52-47-29-27-34(31-42(47)49(41)39-20-8-11-24-45(39)51-46-25-12-9-21-40(46)49)33-26-28-44-38(30-33)37-18-7-10-23-43(37)50(44)35-16-5-2-6-17-35/h1,3-5,7-8,10-20,22-31,38,44H,2,6,9,21H2. The summed E-state index contributed by atoms with van der Waals surface area (Å²) in [4.78, 5) is 2.54. The van der Waals surface area contributed by atoms with E-state index in [0.29, 0.717) is 0 Å². The average molecular weight is 672 g/mol. The number of nitrogens with zero attached hydrogens (tertiary/aromatic N) is 1. The van der Waals surface area contributed by atoms with Crippen molar-refractivity contribution < 1.29 is 9.47 Å². The molecule has 6 aliphatic rings. The fraction of sp³-hybridized carbons (Fsp3) is 0.143. The highest BCUT2D eigenvalue weighted by atomic mass is 16.5. The molecule has 3 unspecified atom stereocenters. The molecular formula is C49H37NO2. The highest BCUT2D eigenvalue weighted by molar-refractivity contribution is 5.85. The molecule has 0 fully saturated rings. The highest BCUT2D eigenvalue weighted by Gasteiger charge is 2.52. The van der Waals surface area contributed by atoms with Gasteiger partial charge < -0.3 is 14.4 Å². The highest BCUT2D eigenvalue weighted by Crippen LogP contribution is 2.63. The van der Waals surface area contributed by atoms with Gasteiger partial charge in [0.1, 0.15) is 23.0 Å². The van der Waals surface area contributed by atoms with Crippen LogP contribution in [0.2, 0.25) is 0 Å². The van der Waals surface area contributed by atoms with Crippen LogP contribution in [0.3, 0.4) is 0 Å². The summed E-state index contributed by atoms with van der Waals surface area (Å²) >= 11 is 0. The van der Waals surface area contributed by atoms with Crippen molar-refractivity contribution in [3.05, 3.63) is 209 Å². The van der Waals surface area contributed by atoms with E-state index in [9.17, 15) is 0 Å². The normalized spacial score (nSPS) is 23.0. The number of hydrogen-bond donors (Lipinski definition) is 0. The first kappa shape index (κ1) is 29.6. The minimum Gasteiger partial charge on any atom is -0.457 e. The Balaban J connectivity index is 1.12. The van der Waals surface area contributed by atoms with Crippen LogP contribution in [-0.4, -0.2) is 6.04 Å². The molecule has 3 atom stereocenters. The zero-order chi connectivity index (χ0) is 34.2. The Kier molecular flexibility index (Phi) is 6.55. The smallest absolute Gasteiger partial charge is 0.140 e. The molecule has 1 spiro atoms. The van der Waals surface area contributed by atoms with Crippen molar-refractivity contribution in [2.45, 2.75) is 43.1 Å². The molecule has 0 N–H and O–H groups in total. The van der Waals surface area contributed by atoms with Crippen LogP contribution in [0.5, 0.6) is 17.2 Å². The molecule has 5 aromatic carbocycles. The third kappa shape index (κ3) is 4.20. The molecule has 3 nitrogen and oxygen atoms in total. The zero-order valence-corrected chi connectivity index (χ0v) is 28.8. The zero-order valence-electron chi connectivity index (χ0n) is 28.8. The van der Waals surface area contributed by atoms with Gasteiger partial charge in [0.15, 0.2) is 0 Å². The predicted molar refractivity (Wildman–Crippen MR) is 210 cm³/mol. The van der Waals surface area contributed by atoms with Crippen molar-refractivity contribution in [2.24, 2.45) is 0 Å². The van der Waals surface area contributed by atoms with E-state index in [1.165, 1.54) is 50.3 Å². The van der Waals surface area contributed by atoms with Gasteiger partial charge in [0.2, 0.25) is 0 Å². The van der Waals surface area contributed by atoms with E-state index in [2.05, 4.69) is 169 Å². The van der Waals surface area contributed by atoms with E-state index in [1.54, 1.807) is 0 Å². The number of rotatable bonds is 3. The van der Waals surface area contributed by atoms with E-state index < -0.39 is 5.41 Å². The van der Waals surface area contributed by atoms with Crippen molar-refractivity contribution in [2.75, 3.05) is 4.90 Å². The summed E-state index contributed by atoms with van der Waals surface area (Å²) in [5, 5.41) is 0. The van der Waals surface area contributed by atoms with Gasteiger partial charge in [0.25, 0.3) is 0 Å². The summed E-state index contributed by atoms with van der Waals surface area (Å²) in [6.45, 7) is 0. The molecular weight excluding hydrogens is 635 g/mol. The van der Waals surface area contributed by atoms with Crippen molar-refractivity contribution in [1.82, 2.24) is 0 Å². The molecule has 5 aromatic rings. The fourth-order valence-corrected chi connectivity index (χ4v) is 9.63. The Hall–Kier alpha value is -6.06. The molecule has 3 heterocycles. The number of benzene rings is 5. The number of anilines is 1. The summed E-state index contributed by atoms with van der Waals surface area (Å²) in [6, 6.07) is 42.0. The van der Waals surface area contributed by atoms with Crippen LogP contribution in [0.4, 0.5) is 5.69 Å². The second kappa shape index (κ2) is 11.5. The molecule has 3 heteroatoms. The maximum Gasteiger partial charge on any atom is 0.140 e. The molecule has 250 valence electrons. The van der Waals surface area contributed by atoms with Gasteiger partial charge in [-0.2, -0.15) is 0 Å². The van der Waals surface area contributed by atoms with Crippen LogP contribution in [0, 0.1) is 0 Å². The topological polar surface area (TPSA) is 21.7 Å². The first-order valence-electron chi connectivity index (χ1n) is 18.6. The third-order valence-corrected chi connectivity index (χ3v) is 11.8. The number of fused-ring (bicyclic) bond motifs is 10. The van der Waals surface area contributed by atoms with Crippen LogP contribution in [-0.2, 0) is 5.41 Å². The summed E-state index contributed by atoms with van der Waals surface area (Å²) < 4.78 is 13.8. The minimum atomic E-state index is -0.587. The summed E-state index contributed by atoms with van der Waals surface area (Å²) in [6.07, 6.45) is 22.8. The van der Waals surface area contributed by atoms with Crippen LogP contribution >= 0.6 is 0 Å². The lowest BCUT2D eigenvalue weighted by Crippen LogP contribution is -2.39. The van der Waals surface area contributed by atoms with Crippen molar-refractivity contribution >= 4 is 11.3 Å². The molecule has 52 heavy (non-hydrogen) atoms. The first-order valence-corrected chi connectivity index (χ1v) is 18.6. The largest absolute Gasteiger partial charge is 0.457 e. The van der Waals surface area contributed by atoms with Gasteiger partial charge in [-0.25, -0.2) is 0 Å². The number of allylic oxidation sites excluding steroid dienone is 8. The number of hydrogen-bond acceptors (Lipinski definition) is 3. The van der Waals surface area contributed by atoms with Gasteiger partial charge in [-0.3, -0.25) is 0 Å². The van der Waals surface area contributed by atoms with Crippen LogP contribution in [0.15, 0.2) is 181 Å². The minimum absolute atomic E-state index is 0.245. The van der Waals surface area contributed by atoms with E-state index >= 15 is 0 Å². The Morgan fingerprint density at radius 1 is 0.635 bits per heavy atom. The molecule has 0 radical (unpaired) electrons. The molecule has 0 amide bonds. The van der Waals surface area contributed by atoms with E-state index in [0.717, 1.165) is 59.8 Å². The van der Waals surface area contributed by atoms with E-state index in [-0.39, 0.29) is 12.0 Å². The van der Waals surface area contributed by atoms with Gasteiger partial charge in [-0.15, -0.1) is 0 Å². The summed E-state index contributed by atoms with van der Waals surface area (Å²) in [7, 11) is 0. The summed E-state index contributed by atoms with van der Waals surface area (Å²) in [5.41, 5.74) is 12.9. The van der Waals surface area contributed by atoms with Gasteiger partial charge in [0.05, 0.1) is 11.5 Å². The predicted octanol–water partition coefficient (Wildman–Crippen LogP) is 11.9. The monoisotopic (exact) mass is 671 g/mol. The lowest BCUT2D eigenvalue weighted by atomic mass is 9.60. The second-order valence-electron chi connectivity index (χ2n) is 14.5. The summed E-state index contributed by atoms with van der Waals surface area (Å²) in [5.74, 6) is 3.91. The molecule has 11 rings (SSSR count). The Labute approximate surface area is 304 Å². The maximum atomic E-state index is 7.09. The Bertz CT molecular complexity index is 2490. The quantitative estimate of drug-likeness (QED) is 0.191. The van der Waals surface area contributed by atoms with Gasteiger partial charge >= 0.3 is 0 Å². The molecule has 0 bridgehead atoms. The van der Waals surface area contributed by atoms with Crippen molar-refractivity contribution in [3.63, 3.8) is 0 Å². The third-order valence-electron chi connectivity index (χ3n) is 11.8. The van der Waals surface area contributed by atoms with Crippen LogP contribution < -0.4 is 14.4 Å². The van der Waals surface area contributed by atoms with Gasteiger partial charge in [-0.05, 0) is 89.9 Å². The van der Waals surface area contributed by atoms with Crippen molar-refractivity contribution in [3.8, 4) is 28.4 Å². The SMILES string of the molecule is C1=CC(N2c3ccccc3C3C=C(c4ccc5c(c4)C4(C6=C(C=CCC6)Oc6ccccc64)c4cccc(-c6ccccc6)c4O5)C=CC32)=CCC1. The lowest BCUT2D eigenvalue weighted by Gasteiger charge is -2.47. The first-order chi connectivity index (χ1) is 25.8. The van der Waals surface area contributed by atoms with Gasteiger partial charge in [0, 0.05) is 39.6 Å². The van der Waals surface area contributed by atoms with E-state index in [4.69, 9.17) is 9.47 Å². The molecule has 0 aromatic heterocycles.